The van der Waals surface area contributed by atoms with Gasteiger partial charge in [-0.1, -0.05) is 20.8 Å². The van der Waals surface area contributed by atoms with Gasteiger partial charge in [-0.15, -0.1) is 0 Å². The maximum absolute atomic E-state index is 10.0. The van der Waals surface area contributed by atoms with Crippen molar-refractivity contribution in [2.24, 2.45) is 5.41 Å². The molecule has 2 atom stereocenters. The first-order valence-corrected chi connectivity index (χ1v) is 8.62. The van der Waals surface area contributed by atoms with E-state index in [1.165, 1.54) is 17.5 Å². The summed E-state index contributed by atoms with van der Waals surface area (Å²) in [5.41, 5.74) is 2.95. The molecule has 23 heavy (non-hydrogen) atoms. The van der Waals surface area contributed by atoms with E-state index in [-0.39, 0.29) is 5.75 Å². The number of nitrogens with zero attached hydrogens (tertiary/aromatic N) is 2. The molecule has 1 aromatic carbocycles. The third-order valence-corrected chi connectivity index (χ3v) is 5.29. The van der Waals surface area contributed by atoms with Gasteiger partial charge in [0.2, 0.25) is 0 Å². The molecule has 1 fully saturated rings. The van der Waals surface area contributed by atoms with Crippen LogP contribution >= 0.6 is 0 Å². The van der Waals surface area contributed by atoms with Crippen LogP contribution in [-0.4, -0.2) is 54.7 Å². The number of phenolic OH excluding ortho intramolecular Hbond substituents is 1. The first kappa shape index (κ1) is 16.6. The lowest BCUT2D eigenvalue weighted by Crippen LogP contribution is -2.55. The van der Waals surface area contributed by atoms with Crippen LogP contribution in [0, 0.1) is 5.41 Å². The molecule has 0 radical (unpaired) electrons. The summed E-state index contributed by atoms with van der Waals surface area (Å²) < 4.78 is 5.32. The Balaban J connectivity index is 1.85. The Bertz CT molecular complexity index is 579. The number of hydrogen-bond donors (Lipinski definition) is 1. The first-order valence-electron chi connectivity index (χ1n) is 8.62. The molecule has 0 aliphatic carbocycles. The minimum atomic E-state index is 0.259. The lowest BCUT2D eigenvalue weighted by Gasteiger charge is -2.49. The molecule has 0 bridgehead atoms. The summed E-state index contributed by atoms with van der Waals surface area (Å²) in [5, 5.41) is 10.0. The van der Waals surface area contributed by atoms with E-state index in [2.05, 4.69) is 37.6 Å². The highest BCUT2D eigenvalue weighted by Crippen LogP contribution is 2.40. The topological polar surface area (TPSA) is 35.9 Å². The van der Waals surface area contributed by atoms with E-state index in [1.807, 2.05) is 12.1 Å². The number of fused-ring (bicyclic) bond motifs is 3. The van der Waals surface area contributed by atoms with Gasteiger partial charge in [-0.2, -0.15) is 0 Å². The second-order valence-electron chi connectivity index (χ2n) is 8.34. The van der Waals surface area contributed by atoms with Gasteiger partial charge in [-0.25, -0.2) is 0 Å². The van der Waals surface area contributed by atoms with Crippen LogP contribution in [0.4, 0.5) is 0 Å². The zero-order valence-corrected chi connectivity index (χ0v) is 15.1. The predicted octanol–water partition coefficient (Wildman–Crippen LogP) is 3.05. The highest BCUT2D eigenvalue weighted by molar-refractivity contribution is 5.49. The molecule has 1 saturated heterocycles. The van der Waals surface area contributed by atoms with Crippen molar-refractivity contribution in [1.82, 2.24) is 9.80 Å². The van der Waals surface area contributed by atoms with Gasteiger partial charge in [0.25, 0.3) is 0 Å². The van der Waals surface area contributed by atoms with E-state index in [4.69, 9.17) is 4.74 Å². The van der Waals surface area contributed by atoms with Gasteiger partial charge >= 0.3 is 0 Å². The number of methoxy groups -OCH3 is 1. The van der Waals surface area contributed by atoms with E-state index in [0.717, 1.165) is 26.1 Å². The third-order valence-electron chi connectivity index (χ3n) is 5.29. The molecule has 0 unspecified atom stereocenters. The van der Waals surface area contributed by atoms with Crippen molar-refractivity contribution < 1.29 is 9.84 Å². The van der Waals surface area contributed by atoms with Gasteiger partial charge in [0.05, 0.1) is 7.11 Å². The molecule has 0 saturated carbocycles. The Kier molecular flexibility index (Phi) is 4.32. The monoisotopic (exact) mass is 318 g/mol. The van der Waals surface area contributed by atoms with E-state index < -0.39 is 0 Å². The number of rotatable bonds is 2. The second kappa shape index (κ2) is 5.99. The molecule has 4 nitrogen and oxygen atoms in total. The molecular formula is C19H30N2O2. The summed E-state index contributed by atoms with van der Waals surface area (Å²) in [6.45, 7) is 10.2. The standard InChI is InChI=1S/C19H30N2O2/c1-19(2,3)10-14-11-21-7-6-13-8-17(22)18(23-5)9-15(13)16(21)12-20(14)4/h8-9,14,16,22H,6-7,10-12H2,1-5H3/t14-,16-/m1/s1. The van der Waals surface area contributed by atoms with Gasteiger partial charge in [0.1, 0.15) is 0 Å². The van der Waals surface area contributed by atoms with E-state index in [9.17, 15) is 5.11 Å². The van der Waals surface area contributed by atoms with Crippen LogP contribution in [0.5, 0.6) is 11.5 Å². The molecule has 2 aliphatic heterocycles. The van der Waals surface area contributed by atoms with Crippen LogP contribution in [0.25, 0.3) is 0 Å². The van der Waals surface area contributed by atoms with Crippen molar-refractivity contribution in [3.8, 4) is 11.5 Å². The normalized spacial score (nSPS) is 25.8. The van der Waals surface area contributed by atoms with Crippen molar-refractivity contribution in [2.75, 3.05) is 33.8 Å². The Morgan fingerprint density at radius 2 is 2.00 bits per heavy atom. The second-order valence-corrected chi connectivity index (χ2v) is 8.34. The van der Waals surface area contributed by atoms with Crippen LogP contribution in [0.1, 0.15) is 44.4 Å². The number of ether oxygens (including phenoxy) is 1. The van der Waals surface area contributed by atoms with Crippen molar-refractivity contribution in [3.05, 3.63) is 23.3 Å². The van der Waals surface area contributed by atoms with Crippen LogP contribution in [0.3, 0.4) is 0 Å². The SMILES string of the molecule is COc1cc2c(cc1O)CCN1C[C@@H](CC(C)(C)C)N(C)C[C@H]21. The summed E-state index contributed by atoms with van der Waals surface area (Å²) in [6, 6.07) is 4.97. The fourth-order valence-electron chi connectivity index (χ4n) is 4.13. The predicted molar refractivity (Wildman–Crippen MR) is 93.2 cm³/mol. The average molecular weight is 318 g/mol. The molecule has 4 heteroatoms. The molecule has 0 amide bonds. The average Bonchev–Trinajstić information content (AvgIpc) is 2.46. The number of piperazine rings is 1. The molecule has 1 N–H and O–H groups in total. The molecule has 3 rings (SSSR count). The van der Waals surface area contributed by atoms with Crippen molar-refractivity contribution in [1.29, 1.82) is 0 Å². The molecular weight excluding hydrogens is 288 g/mol. The molecule has 0 spiro atoms. The Labute approximate surface area is 140 Å². The largest absolute Gasteiger partial charge is 0.504 e. The van der Waals surface area contributed by atoms with Crippen LogP contribution in [-0.2, 0) is 6.42 Å². The Morgan fingerprint density at radius 3 is 2.65 bits per heavy atom. The van der Waals surface area contributed by atoms with Gasteiger partial charge in [0, 0.05) is 31.7 Å². The summed E-state index contributed by atoms with van der Waals surface area (Å²) in [5.74, 6) is 0.847. The summed E-state index contributed by atoms with van der Waals surface area (Å²) in [7, 11) is 3.87. The number of phenols is 1. The molecule has 2 aliphatic rings. The fraction of sp³-hybridized carbons (Fsp3) is 0.684. The first-order chi connectivity index (χ1) is 10.8. The Morgan fingerprint density at radius 1 is 1.26 bits per heavy atom. The van der Waals surface area contributed by atoms with Crippen molar-refractivity contribution in [3.63, 3.8) is 0 Å². The zero-order valence-electron chi connectivity index (χ0n) is 15.1. The van der Waals surface area contributed by atoms with Crippen LogP contribution in [0.15, 0.2) is 12.1 Å². The minimum Gasteiger partial charge on any atom is -0.504 e. The summed E-state index contributed by atoms with van der Waals surface area (Å²) in [4.78, 5) is 5.13. The van der Waals surface area contributed by atoms with Gasteiger partial charge in [-0.05, 0) is 48.6 Å². The maximum atomic E-state index is 10.0. The quantitative estimate of drug-likeness (QED) is 0.909. The third kappa shape index (κ3) is 3.33. The van der Waals surface area contributed by atoms with Gasteiger partial charge < -0.3 is 14.7 Å². The fourth-order valence-corrected chi connectivity index (χ4v) is 4.13. The molecule has 1 aromatic rings. The van der Waals surface area contributed by atoms with Gasteiger partial charge in [-0.3, -0.25) is 4.90 Å². The van der Waals surface area contributed by atoms with E-state index >= 15 is 0 Å². The van der Waals surface area contributed by atoms with Crippen molar-refractivity contribution >= 4 is 0 Å². The number of benzene rings is 1. The van der Waals surface area contributed by atoms with E-state index in [0.29, 0.717) is 23.2 Å². The van der Waals surface area contributed by atoms with Gasteiger partial charge in [0.15, 0.2) is 11.5 Å². The molecule has 128 valence electrons. The lowest BCUT2D eigenvalue weighted by molar-refractivity contribution is 0.0213. The molecule has 0 aromatic heterocycles. The zero-order chi connectivity index (χ0) is 16.8. The maximum Gasteiger partial charge on any atom is 0.160 e. The molecule has 2 heterocycles. The lowest BCUT2D eigenvalue weighted by atomic mass is 9.84. The van der Waals surface area contributed by atoms with E-state index in [1.54, 1.807) is 7.11 Å². The number of likely N-dealkylation sites (N-methyl/N-ethyl adjacent to an activating group) is 1. The smallest absolute Gasteiger partial charge is 0.160 e. The van der Waals surface area contributed by atoms with Crippen LogP contribution < -0.4 is 4.74 Å². The minimum absolute atomic E-state index is 0.259. The van der Waals surface area contributed by atoms with Crippen LogP contribution in [0.2, 0.25) is 0 Å². The van der Waals surface area contributed by atoms with Crippen molar-refractivity contribution in [2.45, 2.75) is 45.7 Å². The highest BCUT2D eigenvalue weighted by atomic mass is 16.5. The number of aromatic hydroxyl groups is 1. The Hall–Kier alpha value is -1.26. The summed E-state index contributed by atoms with van der Waals surface area (Å²) in [6.07, 6.45) is 2.23. The summed E-state index contributed by atoms with van der Waals surface area (Å²) >= 11 is 0. The number of hydrogen-bond acceptors (Lipinski definition) is 4. The highest BCUT2D eigenvalue weighted by Gasteiger charge is 2.37.